The van der Waals surface area contributed by atoms with E-state index in [0.717, 1.165) is 22.1 Å². The third kappa shape index (κ3) is 1.69. The van der Waals surface area contributed by atoms with E-state index in [1.54, 1.807) is 6.26 Å². The zero-order chi connectivity index (χ0) is 12.7. The quantitative estimate of drug-likeness (QED) is 0.805. The monoisotopic (exact) mass is 244 g/mol. The van der Waals surface area contributed by atoms with Crippen LogP contribution in [0.3, 0.4) is 0 Å². The maximum atomic E-state index is 11.4. The normalized spacial score (nSPS) is 24.2. The second-order valence-electron chi connectivity index (χ2n) is 4.83. The predicted octanol–water partition coefficient (Wildman–Crippen LogP) is 1.89. The lowest BCUT2D eigenvalue weighted by atomic mass is 10.0. The zero-order valence-corrected chi connectivity index (χ0v) is 10.5. The topological polar surface area (TPSA) is 54.3 Å². The molecule has 1 fully saturated rings. The van der Waals surface area contributed by atoms with Gasteiger partial charge < -0.3 is 9.73 Å². The van der Waals surface area contributed by atoms with Gasteiger partial charge in [-0.05, 0) is 19.4 Å². The molecular formula is C14H16N2O2. The number of rotatable bonds is 1. The first-order valence-corrected chi connectivity index (χ1v) is 6.17. The Hall–Kier alpha value is -1.81. The molecule has 0 bridgehead atoms. The molecule has 0 aliphatic carbocycles. The Morgan fingerprint density at radius 3 is 3.00 bits per heavy atom. The summed E-state index contributed by atoms with van der Waals surface area (Å²) in [5.41, 5.74) is 3.16. The van der Waals surface area contributed by atoms with Crippen molar-refractivity contribution in [3.8, 4) is 0 Å². The summed E-state index contributed by atoms with van der Waals surface area (Å²) in [6, 6.07) is 6.07. The molecule has 3 rings (SSSR count). The second kappa shape index (κ2) is 4.14. The van der Waals surface area contributed by atoms with Crippen molar-refractivity contribution in [1.82, 2.24) is 10.6 Å². The van der Waals surface area contributed by atoms with E-state index in [-0.39, 0.29) is 18.0 Å². The molecule has 4 heteroatoms. The molecule has 4 nitrogen and oxygen atoms in total. The van der Waals surface area contributed by atoms with Crippen molar-refractivity contribution >= 4 is 16.9 Å². The maximum Gasteiger partial charge on any atom is 0.236 e. The van der Waals surface area contributed by atoms with Crippen LogP contribution in [0.15, 0.2) is 28.9 Å². The van der Waals surface area contributed by atoms with Crippen LogP contribution in [-0.2, 0) is 4.79 Å². The molecule has 0 saturated carbocycles. The maximum absolute atomic E-state index is 11.4. The van der Waals surface area contributed by atoms with Gasteiger partial charge in [-0.1, -0.05) is 18.2 Å². The van der Waals surface area contributed by atoms with Crippen LogP contribution >= 0.6 is 0 Å². The lowest BCUT2D eigenvalue weighted by Gasteiger charge is -2.29. The Morgan fingerprint density at radius 1 is 1.39 bits per heavy atom. The highest BCUT2D eigenvalue weighted by molar-refractivity contribution is 5.85. The van der Waals surface area contributed by atoms with Gasteiger partial charge in [-0.25, -0.2) is 0 Å². The van der Waals surface area contributed by atoms with Crippen molar-refractivity contribution in [3.05, 3.63) is 35.6 Å². The van der Waals surface area contributed by atoms with Crippen LogP contribution in [-0.4, -0.2) is 18.5 Å². The predicted molar refractivity (Wildman–Crippen MR) is 69.3 cm³/mol. The van der Waals surface area contributed by atoms with Gasteiger partial charge in [0.25, 0.3) is 0 Å². The lowest BCUT2D eigenvalue weighted by Crippen LogP contribution is -2.52. The summed E-state index contributed by atoms with van der Waals surface area (Å²) in [7, 11) is 0. The molecule has 1 saturated heterocycles. The lowest BCUT2D eigenvalue weighted by molar-refractivity contribution is -0.124. The average molecular weight is 244 g/mol. The number of furan rings is 1. The summed E-state index contributed by atoms with van der Waals surface area (Å²) in [5.74, 6) is 0.0500. The number of piperazine rings is 1. The van der Waals surface area contributed by atoms with Crippen LogP contribution in [0.2, 0.25) is 0 Å². The molecule has 2 N–H and O–H groups in total. The van der Waals surface area contributed by atoms with Crippen LogP contribution in [0.5, 0.6) is 0 Å². The van der Waals surface area contributed by atoms with Gasteiger partial charge in [0.15, 0.2) is 0 Å². The first kappa shape index (κ1) is 11.3. The minimum absolute atomic E-state index is 0.0500. The first-order chi connectivity index (χ1) is 8.66. The third-order valence-corrected chi connectivity index (χ3v) is 3.52. The molecule has 1 aliphatic heterocycles. The zero-order valence-electron chi connectivity index (χ0n) is 10.5. The molecule has 1 amide bonds. The summed E-state index contributed by atoms with van der Waals surface area (Å²) in [6.07, 6.45) is 1.78. The van der Waals surface area contributed by atoms with E-state index >= 15 is 0 Å². The minimum Gasteiger partial charge on any atom is -0.464 e. The number of fused-ring (bicyclic) bond motifs is 1. The van der Waals surface area contributed by atoms with Crippen LogP contribution in [0.1, 0.15) is 24.1 Å². The Kier molecular flexibility index (Phi) is 2.59. The number of aryl methyl sites for hydroxylation is 1. The number of carbonyl (C=O) groups is 1. The summed E-state index contributed by atoms with van der Waals surface area (Å²) in [5, 5.41) is 7.36. The highest BCUT2D eigenvalue weighted by atomic mass is 16.3. The molecular weight excluding hydrogens is 228 g/mol. The molecule has 1 aromatic carbocycles. The van der Waals surface area contributed by atoms with Gasteiger partial charge in [0.05, 0.1) is 18.3 Å². The van der Waals surface area contributed by atoms with Crippen LogP contribution in [0, 0.1) is 6.92 Å². The second-order valence-corrected chi connectivity index (χ2v) is 4.83. The van der Waals surface area contributed by atoms with E-state index in [9.17, 15) is 4.79 Å². The van der Waals surface area contributed by atoms with Crippen molar-refractivity contribution in [2.45, 2.75) is 25.9 Å². The number of hydrogen-bond donors (Lipinski definition) is 2. The molecule has 0 spiro atoms. The molecule has 1 aromatic heterocycles. The van der Waals surface area contributed by atoms with E-state index in [0.29, 0.717) is 6.54 Å². The van der Waals surface area contributed by atoms with Crippen molar-refractivity contribution in [3.63, 3.8) is 0 Å². The van der Waals surface area contributed by atoms with Gasteiger partial charge >= 0.3 is 0 Å². The largest absolute Gasteiger partial charge is 0.464 e. The van der Waals surface area contributed by atoms with E-state index in [2.05, 4.69) is 16.7 Å². The highest BCUT2D eigenvalue weighted by Gasteiger charge is 2.26. The molecule has 2 unspecified atom stereocenters. The minimum atomic E-state index is -0.171. The van der Waals surface area contributed by atoms with Crippen LogP contribution in [0.4, 0.5) is 0 Å². The van der Waals surface area contributed by atoms with Crippen molar-refractivity contribution in [2.24, 2.45) is 0 Å². The number of benzene rings is 1. The SMILES string of the molecule is Cc1coc2c(C3CNC(=O)C(C)N3)cccc12. The van der Waals surface area contributed by atoms with Gasteiger partial charge in [-0.2, -0.15) is 0 Å². The van der Waals surface area contributed by atoms with E-state index in [4.69, 9.17) is 4.42 Å². The van der Waals surface area contributed by atoms with Crippen molar-refractivity contribution < 1.29 is 9.21 Å². The molecule has 2 aromatic rings. The van der Waals surface area contributed by atoms with Gasteiger partial charge in [-0.15, -0.1) is 0 Å². The number of nitrogens with one attached hydrogen (secondary N) is 2. The summed E-state index contributed by atoms with van der Waals surface area (Å²) >= 11 is 0. The smallest absolute Gasteiger partial charge is 0.236 e. The number of carbonyl (C=O) groups excluding carboxylic acids is 1. The molecule has 94 valence electrons. The average Bonchev–Trinajstić information content (AvgIpc) is 2.75. The van der Waals surface area contributed by atoms with E-state index < -0.39 is 0 Å². The fraction of sp³-hybridized carbons (Fsp3) is 0.357. The van der Waals surface area contributed by atoms with E-state index in [1.165, 1.54) is 0 Å². The molecule has 2 atom stereocenters. The van der Waals surface area contributed by atoms with Gasteiger partial charge in [0.1, 0.15) is 5.58 Å². The molecule has 18 heavy (non-hydrogen) atoms. The summed E-state index contributed by atoms with van der Waals surface area (Å²) in [4.78, 5) is 11.4. The van der Waals surface area contributed by atoms with Crippen molar-refractivity contribution in [2.75, 3.05) is 6.54 Å². The fourth-order valence-electron chi connectivity index (χ4n) is 2.47. The van der Waals surface area contributed by atoms with Crippen molar-refractivity contribution in [1.29, 1.82) is 0 Å². The first-order valence-electron chi connectivity index (χ1n) is 6.17. The number of amides is 1. The molecule has 0 radical (unpaired) electrons. The summed E-state index contributed by atoms with van der Waals surface area (Å²) < 4.78 is 5.64. The number of para-hydroxylation sites is 1. The number of hydrogen-bond acceptors (Lipinski definition) is 3. The fourth-order valence-corrected chi connectivity index (χ4v) is 2.47. The highest BCUT2D eigenvalue weighted by Crippen LogP contribution is 2.28. The molecule has 2 heterocycles. The van der Waals surface area contributed by atoms with Crippen LogP contribution < -0.4 is 10.6 Å². The standard InChI is InChI=1S/C14H16N2O2/c1-8-7-18-13-10(8)4-3-5-11(13)12-6-15-14(17)9(2)16-12/h3-5,7,9,12,16H,6H2,1-2H3,(H,15,17). The molecule has 1 aliphatic rings. The van der Waals surface area contributed by atoms with Crippen LogP contribution in [0.25, 0.3) is 11.0 Å². The van der Waals surface area contributed by atoms with Gasteiger partial charge in [0.2, 0.25) is 5.91 Å². The van der Waals surface area contributed by atoms with Gasteiger partial charge in [-0.3, -0.25) is 10.1 Å². The summed E-state index contributed by atoms with van der Waals surface area (Å²) in [6.45, 7) is 4.51. The Morgan fingerprint density at radius 2 is 2.22 bits per heavy atom. The third-order valence-electron chi connectivity index (χ3n) is 3.52. The Labute approximate surface area is 105 Å². The Balaban J connectivity index is 2.02. The van der Waals surface area contributed by atoms with Gasteiger partial charge in [0, 0.05) is 17.5 Å². The van der Waals surface area contributed by atoms with E-state index in [1.807, 2.05) is 26.0 Å². The Bertz CT molecular complexity index is 603.